The molecule has 1 aliphatic rings. The summed E-state index contributed by atoms with van der Waals surface area (Å²) in [4.78, 5) is 10.4. The molecule has 1 heterocycles. The molecule has 0 atom stereocenters. The van der Waals surface area contributed by atoms with E-state index in [1.54, 1.807) is 0 Å². The summed E-state index contributed by atoms with van der Waals surface area (Å²) in [5.41, 5.74) is 5.67. The first kappa shape index (κ1) is 9.71. The monoisotopic (exact) mass is 202 g/mol. The zero-order chi connectivity index (χ0) is 10.8. The zero-order valence-corrected chi connectivity index (χ0v) is 8.94. The molecule has 0 fully saturated rings. The Hall–Kier alpha value is -1.84. The molecule has 0 radical (unpaired) electrons. The maximum atomic E-state index is 5.67. The molecule has 0 bridgehead atoms. The SMILES string of the molecule is CN(C)c1nc(N)nc2c1=CC=CCC=2. The lowest BCUT2D eigenvalue weighted by Gasteiger charge is -2.12. The smallest absolute Gasteiger partial charge is 0.222 e. The van der Waals surface area contributed by atoms with Crippen molar-refractivity contribution in [1.82, 2.24) is 9.97 Å². The fourth-order valence-electron chi connectivity index (χ4n) is 1.57. The van der Waals surface area contributed by atoms with E-state index in [4.69, 9.17) is 5.73 Å². The van der Waals surface area contributed by atoms with Crippen LogP contribution in [0.3, 0.4) is 0 Å². The van der Waals surface area contributed by atoms with Gasteiger partial charge in [-0.05, 0) is 12.5 Å². The fourth-order valence-corrected chi connectivity index (χ4v) is 1.57. The normalized spacial score (nSPS) is 13.5. The molecule has 0 aromatic carbocycles. The molecule has 78 valence electrons. The summed E-state index contributed by atoms with van der Waals surface area (Å²) < 4.78 is 0. The van der Waals surface area contributed by atoms with E-state index in [9.17, 15) is 0 Å². The molecule has 0 saturated carbocycles. The van der Waals surface area contributed by atoms with Crippen LogP contribution in [0.25, 0.3) is 12.2 Å². The molecule has 0 spiro atoms. The summed E-state index contributed by atoms with van der Waals surface area (Å²) in [5.74, 6) is 1.18. The van der Waals surface area contributed by atoms with Crippen molar-refractivity contribution in [2.45, 2.75) is 6.42 Å². The number of hydrogen-bond donors (Lipinski definition) is 1. The lowest BCUT2D eigenvalue weighted by Crippen LogP contribution is -2.35. The molecular formula is C11H14N4. The molecule has 0 saturated heterocycles. The number of rotatable bonds is 1. The van der Waals surface area contributed by atoms with Crippen molar-refractivity contribution in [3.63, 3.8) is 0 Å². The first-order valence-corrected chi connectivity index (χ1v) is 4.86. The van der Waals surface area contributed by atoms with Crippen molar-refractivity contribution < 1.29 is 0 Å². The minimum absolute atomic E-state index is 0.323. The average molecular weight is 202 g/mol. The van der Waals surface area contributed by atoms with E-state index < -0.39 is 0 Å². The topological polar surface area (TPSA) is 55.0 Å². The minimum Gasteiger partial charge on any atom is -0.368 e. The molecule has 0 aliphatic heterocycles. The van der Waals surface area contributed by atoms with Gasteiger partial charge < -0.3 is 10.6 Å². The number of anilines is 2. The Morgan fingerprint density at radius 3 is 2.87 bits per heavy atom. The lowest BCUT2D eigenvalue weighted by molar-refractivity contribution is 1.01. The molecule has 1 aromatic rings. The predicted molar refractivity (Wildman–Crippen MR) is 62.7 cm³/mol. The summed E-state index contributed by atoms with van der Waals surface area (Å²) in [6.07, 6.45) is 9.06. The summed E-state index contributed by atoms with van der Waals surface area (Å²) in [7, 11) is 3.90. The van der Waals surface area contributed by atoms with Crippen molar-refractivity contribution in [2.75, 3.05) is 24.7 Å². The highest BCUT2D eigenvalue weighted by Crippen LogP contribution is 2.00. The van der Waals surface area contributed by atoms with Gasteiger partial charge in [-0.2, -0.15) is 4.98 Å². The van der Waals surface area contributed by atoms with Gasteiger partial charge in [-0.25, -0.2) is 4.98 Å². The highest BCUT2D eigenvalue weighted by molar-refractivity contribution is 5.53. The number of nitrogens with two attached hydrogens (primary N) is 1. The Bertz CT molecular complexity index is 514. The van der Waals surface area contributed by atoms with Gasteiger partial charge in [-0.15, -0.1) is 0 Å². The van der Waals surface area contributed by atoms with Crippen LogP contribution in [0, 0.1) is 0 Å². The fraction of sp³-hybridized carbons (Fsp3) is 0.273. The van der Waals surface area contributed by atoms with Gasteiger partial charge in [0.15, 0.2) is 0 Å². The maximum absolute atomic E-state index is 5.67. The highest BCUT2D eigenvalue weighted by Gasteiger charge is 2.04. The quantitative estimate of drug-likeness (QED) is 0.676. The molecule has 1 aromatic heterocycles. The van der Waals surface area contributed by atoms with Gasteiger partial charge in [-0.1, -0.05) is 18.2 Å². The van der Waals surface area contributed by atoms with Crippen LogP contribution in [0.4, 0.5) is 11.8 Å². The molecule has 0 amide bonds. The third kappa shape index (κ3) is 1.83. The second kappa shape index (κ2) is 3.73. The van der Waals surface area contributed by atoms with Gasteiger partial charge in [0, 0.05) is 19.3 Å². The molecule has 4 nitrogen and oxygen atoms in total. The van der Waals surface area contributed by atoms with Crippen LogP contribution >= 0.6 is 0 Å². The number of nitrogen functional groups attached to an aromatic ring is 1. The second-order valence-corrected chi connectivity index (χ2v) is 3.63. The summed E-state index contributed by atoms with van der Waals surface area (Å²) in [6.45, 7) is 0. The summed E-state index contributed by atoms with van der Waals surface area (Å²) >= 11 is 0. The third-order valence-corrected chi connectivity index (χ3v) is 2.24. The Morgan fingerprint density at radius 2 is 2.13 bits per heavy atom. The van der Waals surface area contributed by atoms with Crippen LogP contribution in [0.1, 0.15) is 6.42 Å². The molecular weight excluding hydrogens is 188 g/mol. The maximum Gasteiger partial charge on any atom is 0.222 e. The standard InChI is InChI=1S/C11H14N4/c1-15(2)10-8-6-4-3-5-7-9(8)13-11(12)14-10/h3-4,6-7H,5H2,1-2H3,(H2,12,13). The van der Waals surface area contributed by atoms with E-state index in [1.807, 2.05) is 31.1 Å². The minimum atomic E-state index is 0.323. The van der Waals surface area contributed by atoms with Gasteiger partial charge in [0.05, 0.1) is 5.35 Å². The van der Waals surface area contributed by atoms with E-state index in [2.05, 4.69) is 22.1 Å². The van der Waals surface area contributed by atoms with Gasteiger partial charge in [-0.3, -0.25) is 0 Å². The van der Waals surface area contributed by atoms with Crippen molar-refractivity contribution in [3.8, 4) is 0 Å². The van der Waals surface area contributed by atoms with E-state index in [0.717, 1.165) is 22.8 Å². The molecule has 15 heavy (non-hydrogen) atoms. The van der Waals surface area contributed by atoms with Gasteiger partial charge in [0.2, 0.25) is 5.95 Å². The summed E-state index contributed by atoms with van der Waals surface area (Å²) in [5, 5.41) is 1.94. The largest absolute Gasteiger partial charge is 0.368 e. The van der Waals surface area contributed by atoms with E-state index in [1.165, 1.54) is 0 Å². The first-order chi connectivity index (χ1) is 7.18. The second-order valence-electron chi connectivity index (χ2n) is 3.63. The van der Waals surface area contributed by atoms with Crippen LogP contribution in [0.15, 0.2) is 12.2 Å². The lowest BCUT2D eigenvalue weighted by atomic mass is 10.3. The summed E-state index contributed by atoms with van der Waals surface area (Å²) in [6, 6.07) is 0. The Morgan fingerprint density at radius 1 is 1.33 bits per heavy atom. The first-order valence-electron chi connectivity index (χ1n) is 4.86. The molecule has 0 unspecified atom stereocenters. The zero-order valence-electron chi connectivity index (χ0n) is 8.94. The van der Waals surface area contributed by atoms with Crippen molar-refractivity contribution >= 4 is 23.9 Å². The van der Waals surface area contributed by atoms with Gasteiger partial charge in [0.1, 0.15) is 5.82 Å². The molecule has 2 N–H and O–H groups in total. The Balaban J connectivity index is 2.82. The van der Waals surface area contributed by atoms with Crippen LogP contribution < -0.4 is 21.2 Å². The van der Waals surface area contributed by atoms with Crippen LogP contribution in [-0.4, -0.2) is 24.1 Å². The van der Waals surface area contributed by atoms with E-state index in [-0.39, 0.29) is 0 Å². The number of fused-ring (bicyclic) bond motifs is 1. The molecule has 1 aliphatic carbocycles. The van der Waals surface area contributed by atoms with Gasteiger partial charge >= 0.3 is 0 Å². The number of allylic oxidation sites excluding steroid dienone is 2. The van der Waals surface area contributed by atoms with Crippen LogP contribution in [-0.2, 0) is 0 Å². The van der Waals surface area contributed by atoms with Crippen molar-refractivity contribution in [3.05, 3.63) is 22.7 Å². The van der Waals surface area contributed by atoms with Gasteiger partial charge in [0.25, 0.3) is 0 Å². The predicted octanol–water partition coefficient (Wildman–Crippen LogP) is -0.354. The van der Waals surface area contributed by atoms with Crippen molar-refractivity contribution in [2.24, 2.45) is 0 Å². The highest BCUT2D eigenvalue weighted by atomic mass is 15.2. The Kier molecular flexibility index (Phi) is 2.41. The van der Waals surface area contributed by atoms with Crippen LogP contribution in [0.5, 0.6) is 0 Å². The average Bonchev–Trinajstić information content (AvgIpc) is 2.41. The van der Waals surface area contributed by atoms with Crippen molar-refractivity contribution in [1.29, 1.82) is 0 Å². The Labute approximate surface area is 88.5 Å². The van der Waals surface area contributed by atoms with E-state index in [0.29, 0.717) is 5.95 Å². The number of aromatic nitrogens is 2. The molecule has 4 heteroatoms. The number of nitrogens with zero attached hydrogens (tertiary/aromatic N) is 3. The number of hydrogen-bond acceptors (Lipinski definition) is 4. The third-order valence-electron chi connectivity index (χ3n) is 2.24. The molecule has 2 rings (SSSR count). The van der Waals surface area contributed by atoms with E-state index >= 15 is 0 Å². The van der Waals surface area contributed by atoms with Crippen LogP contribution in [0.2, 0.25) is 0 Å².